The maximum absolute atomic E-state index is 13.2. The van der Waals surface area contributed by atoms with E-state index < -0.39 is 17.7 Å². The van der Waals surface area contributed by atoms with Gasteiger partial charge in [0, 0.05) is 17.3 Å². The Morgan fingerprint density at radius 1 is 1.09 bits per heavy atom. The first-order valence-corrected chi connectivity index (χ1v) is 11.1. The Morgan fingerprint density at radius 3 is 2.56 bits per heavy atom. The summed E-state index contributed by atoms with van der Waals surface area (Å²) in [7, 11) is 1.54. The number of rotatable bonds is 7. The number of ether oxygens (including phenoxy) is 2. The van der Waals surface area contributed by atoms with Gasteiger partial charge in [-0.15, -0.1) is 0 Å². The summed E-state index contributed by atoms with van der Waals surface area (Å²) in [5.74, 6) is -0.902. The van der Waals surface area contributed by atoms with Gasteiger partial charge in [-0.3, -0.25) is 14.6 Å². The highest BCUT2D eigenvalue weighted by Crippen LogP contribution is 2.41. The highest BCUT2D eigenvalue weighted by molar-refractivity contribution is 6.46. The van der Waals surface area contributed by atoms with Crippen molar-refractivity contribution in [2.24, 2.45) is 0 Å². The molecule has 1 N–H and O–H groups in total. The Bertz CT molecular complexity index is 1260. The highest BCUT2D eigenvalue weighted by Gasteiger charge is 2.47. The zero-order valence-electron chi connectivity index (χ0n) is 18.7. The summed E-state index contributed by atoms with van der Waals surface area (Å²) in [6, 6.07) is 16.3. The van der Waals surface area contributed by atoms with Gasteiger partial charge in [-0.05, 0) is 43.3 Å². The van der Waals surface area contributed by atoms with E-state index in [0.29, 0.717) is 34.4 Å². The number of methoxy groups -OCH3 is 1. The summed E-state index contributed by atoms with van der Waals surface area (Å²) < 4.78 is 10.9. The molecular formula is C26H23ClN2O5. The number of para-hydroxylation sites is 1. The van der Waals surface area contributed by atoms with Gasteiger partial charge in [0.15, 0.2) is 0 Å². The van der Waals surface area contributed by atoms with Crippen molar-refractivity contribution < 1.29 is 24.2 Å². The highest BCUT2D eigenvalue weighted by atomic mass is 35.5. The van der Waals surface area contributed by atoms with E-state index in [0.717, 1.165) is 5.56 Å². The zero-order valence-corrected chi connectivity index (χ0v) is 19.5. The van der Waals surface area contributed by atoms with Gasteiger partial charge in [0.2, 0.25) is 0 Å². The molecule has 8 heteroatoms. The summed E-state index contributed by atoms with van der Waals surface area (Å²) in [6.07, 6.45) is 1.58. The van der Waals surface area contributed by atoms with Crippen molar-refractivity contribution in [3.05, 3.63) is 94.3 Å². The van der Waals surface area contributed by atoms with Crippen molar-refractivity contribution in [1.29, 1.82) is 0 Å². The molecule has 1 unspecified atom stereocenters. The standard InChI is InChI=1S/C26H23ClN2O5/c1-3-34-21-14-16(11-12-18(21)27)24(30)22-23(19-9-6-7-13-28-19)29(26(32)25(22)31)15-17-8-4-5-10-20(17)33-2/h4-14,23,30H,3,15H2,1-2H3/b24-22-. The molecule has 1 aromatic heterocycles. The lowest BCUT2D eigenvalue weighted by Gasteiger charge is -2.25. The van der Waals surface area contributed by atoms with E-state index in [-0.39, 0.29) is 17.9 Å². The Kier molecular flexibility index (Phi) is 6.84. The minimum atomic E-state index is -0.891. The average molecular weight is 479 g/mol. The number of halogens is 1. The third-order valence-corrected chi connectivity index (χ3v) is 5.86. The third-order valence-electron chi connectivity index (χ3n) is 5.55. The van der Waals surface area contributed by atoms with E-state index in [1.807, 2.05) is 25.1 Å². The topological polar surface area (TPSA) is 89.0 Å². The molecule has 1 saturated heterocycles. The van der Waals surface area contributed by atoms with Crippen molar-refractivity contribution in [2.45, 2.75) is 19.5 Å². The molecule has 2 aromatic carbocycles. The predicted octanol–water partition coefficient (Wildman–Crippen LogP) is 4.76. The molecule has 7 nitrogen and oxygen atoms in total. The molecule has 0 bridgehead atoms. The van der Waals surface area contributed by atoms with Crippen LogP contribution in [-0.2, 0) is 16.1 Å². The number of likely N-dealkylation sites (tertiary alicyclic amines) is 1. The number of hydrogen-bond donors (Lipinski definition) is 1. The van der Waals surface area contributed by atoms with Crippen LogP contribution in [-0.4, -0.2) is 40.4 Å². The second kappa shape index (κ2) is 9.97. The minimum Gasteiger partial charge on any atom is -0.507 e. The van der Waals surface area contributed by atoms with Gasteiger partial charge in [0.05, 0.1) is 36.6 Å². The first-order valence-electron chi connectivity index (χ1n) is 10.7. The van der Waals surface area contributed by atoms with Crippen LogP contribution in [0.1, 0.15) is 29.8 Å². The van der Waals surface area contributed by atoms with Gasteiger partial charge in [-0.25, -0.2) is 0 Å². The van der Waals surface area contributed by atoms with Crippen LogP contribution in [0.3, 0.4) is 0 Å². The van der Waals surface area contributed by atoms with Crippen molar-refractivity contribution in [3.63, 3.8) is 0 Å². The average Bonchev–Trinajstić information content (AvgIpc) is 3.11. The number of ketones is 1. The van der Waals surface area contributed by atoms with Crippen LogP contribution in [0.4, 0.5) is 0 Å². The van der Waals surface area contributed by atoms with Gasteiger partial charge in [-0.1, -0.05) is 35.9 Å². The molecule has 1 amide bonds. The molecule has 2 heterocycles. The van der Waals surface area contributed by atoms with Crippen LogP contribution in [0.5, 0.6) is 11.5 Å². The quantitative estimate of drug-likeness (QED) is 0.299. The molecule has 0 spiro atoms. The summed E-state index contributed by atoms with van der Waals surface area (Å²) in [6.45, 7) is 2.28. The zero-order chi connectivity index (χ0) is 24.2. The summed E-state index contributed by atoms with van der Waals surface area (Å²) in [5, 5.41) is 11.6. The number of amides is 1. The largest absolute Gasteiger partial charge is 0.507 e. The molecule has 0 aliphatic carbocycles. The lowest BCUT2D eigenvalue weighted by Crippen LogP contribution is -2.29. The van der Waals surface area contributed by atoms with Crippen LogP contribution in [0, 0.1) is 0 Å². The number of pyridine rings is 1. The predicted molar refractivity (Wildman–Crippen MR) is 128 cm³/mol. The second-order valence-corrected chi connectivity index (χ2v) is 7.98. The van der Waals surface area contributed by atoms with E-state index in [1.165, 1.54) is 4.90 Å². The second-order valence-electron chi connectivity index (χ2n) is 7.57. The number of aromatic nitrogens is 1. The maximum atomic E-state index is 13.2. The van der Waals surface area contributed by atoms with E-state index in [2.05, 4.69) is 4.98 Å². The molecule has 1 aliphatic rings. The van der Waals surface area contributed by atoms with Crippen LogP contribution >= 0.6 is 11.6 Å². The number of hydrogen-bond acceptors (Lipinski definition) is 6. The molecule has 1 fully saturated rings. The molecular weight excluding hydrogens is 456 g/mol. The number of nitrogens with zero attached hydrogens (tertiary/aromatic N) is 2. The Morgan fingerprint density at radius 2 is 1.85 bits per heavy atom. The van der Waals surface area contributed by atoms with Gasteiger partial charge < -0.3 is 19.5 Å². The lowest BCUT2D eigenvalue weighted by molar-refractivity contribution is -0.140. The minimum absolute atomic E-state index is 0.0524. The maximum Gasteiger partial charge on any atom is 0.296 e. The van der Waals surface area contributed by atoms with E-state index >= 15 is 0 Å². The van der Waals surface area contributed by atoms with Crippen molar-refractivity contribution in [1.82, 2.24) is 9.88 Å². The number of aliphatic hydroxyl groups is 1. The number of Topliss-reactive ketones (excluding diaryl/α,β-unsaturated/α-hetero) is 1. The van der Waals surface area contributed by atoms with E-state index in [9.17, 15) is 14.7 Å². The van der Waals surface area contributed by atoms with Gasteiger partial charge in [-0.2, -0.15) is 0 Å². The number of carbonyl (C=O) groups is 2. The number of benzene rings is 2. The fraction of sp³-hybridized carbons (Fsp3) is 0.192. The summed E-state index contributed by atoms with van der Waals surface area (Å²) in [5.41, 5.74) is 1.43. The molecule has 1 aliphatic heterocycles. The first-order chi connectivity index (χ1) is 16.5. The lowest BCUT2D eigenvalue weighted by atomic mass is 9.98. The van der Waals surface area contributed by atoms with Gasteiger partial charge in [0.1, 0.15) is 23.3 Å². The van der Waals surface area contributed by atoms with Crippen LogP contribution in [0.25, 0.3) is 5.76 Å². The Labute approximate surface area is 202 Å². The van der Waals surface area contributed by atoms with Crippen molar-refractivity contribution in [2.75, 3.05) is 13.7 Å². The van der Waals surface area contributed by atoms with E-state index in [4.69, 9.17) is 21.1 Å². The van der Waals surface area contributed by atoms with E-state index in [1.54, 1.807) is 55.8 Å². The molecule has 0 radical (unpaired) electrons. The first kappa shape index (κ1) is 23.3. The van der Waals surface area contributed by atoms with Crippen LogP contribution in [0.2, 0.25) is 5.02 Å². The SMILES string of the molecule is CCOc1cc(/C(O)=C2/C(=O)C(=O)N(Cc3ccccc3OC)C2c2ccccn2)ccc1Cl. The molecule has 1 atom stereocenters. The smallest absolute Gasteiger partial charge is 0.296 e. The van der Waals surface area contributed by atoms with Crippen LogP contribution in [0.15, 0.2) is 72.4 Å². The molecule has 3 aromatic rings. The number of aliphatic hydroxyl groups excluding tert-OH is 1. The van der Waals surface area contributed by atoms with Crippen LogP contribution < -0.4 is 9.47 Å². The van der Waals surface area contributed by atoms with Crippen molar-refractivity contribution in [3.8, 4) is 11.5 Å². The number of carbonyl (C=O) groups excluding carboxylic acids is 2. The molecule has 34 heavy (non-hydrogen) atoms. The molecule has 174 valence electrons. The fourth-order valence-electron chi connectivity index (χ4n) is 3.98. The summed E-state index contributed by atoms with van der Waals surface area (Å²) in [4.78, 5) is 32.2. The Balaban J connectivity index is 1.85. The van der Waals surface area contributed by atoms with Gasteiger partial charge in [0.25, 0.3) is 11.7 Å². The third kappa shape index (κ3) is 4.34. The summed E-state index contributed by atoms with van der Waals surface area (Å²) >= 11 is 6.18. The Hall–Kier alpha value is -3.84. The fourth-order valence-corrected chi connectivity index (χ4v) is 4.15. The van der Waals surface area contributed by atoms with Crippen molar-refractivity contribution >= 4 is 29.1 Å². The van der Waals surface area contributed by atoms with Gasteiger partial charge >= 0.3 is 0 Å². The normalized spacial score (nSPS) is 17.1. The molecule has 0 saturated carbocycles. The monoisotopic (exact) mass is 478 g/mol. The molecule has 4 rings (SSSR count).